The highest BCUT2D eigenvalue weighted by Gasteiger charge is 2.50. The second-order valence-corrected chi connectivity index (χ2v) is 28.7. The van der Waals surface area contributed by atoms with Gasteiger partial charge in [-0.25, -0.2) is 4.68 Å². The summed E-state index contributed by atoms with van der Waals surface area (Å²) < 4.78 is 52.3. The number of carbonyl (C=O) groups is 13. The van der Waals surface area contributed by atoms with Crippen molar-refractivity contribution in [2.24, 2.45) is 23.1 Å². The predicted molar refractivity (Wildman–Crippen MR) is 400 cm³/mol. The number of ether oxygens (including phenoxy) is 2. The Morgan fingerprint density at radius 3 is 1.60 bits per heavy atom. The van der Waals surface area contributed by atoms with Gasteiger partial charge in [-0.05, 0) is 78.8 Å². The average molecular weight is 1610 g/mol. The first-order chi connectivity index (χ1) is 54.7. The summed E-state index contributed by atoms with van der Waals surface area (Å²) in [4.78, 5) is 187. The van der Waals surface area contributed by atoms with Gasteiger partial charge in [0.25, 0.3) is 0 Å². The largest absolute Gasteiger partial charge is 0.508 e. The number of carbonyl (C=O) groups excluding carboxylic acids is 13. The molecule has 0 bridgehead atoms. The zero-order valence-electron chi connectivity index (χ0n) is 63.1. The Morgan fingerprint density at radius 1 is 0.591 bits per heavy atom. The van der Waals surface area contributed by atoms with E-state index in [-0.39, 0.29) is 87.5 Å². The number of hydrogen-bond acceptors (Lipinski definition) is 22. The number of amides is 13. The molecule has 0 saturated carbocycles. The molecule has 3 aliphatic heterocycles. The smallest absolute Gasteiger partial charge is 0.471 e. The number of phenols is 1. The predicted octanol–water partition coefficient (Wildman–Crippen LogP) is -3.71. The summed E-state index contributed by atoms with van der Waals surface area (Å²) in [6.07, 6.45) is -15.2. The highest BCUT2D eigenvalue weighted by Crippen LogP contribution is 2.26. The molecule has 4 heterocycles. The van der Waals surface area contributed by atoms with E-state index in [9.17, 15) is 81.5 Å². The van der Waals surface area contributed by atoms with Gasteiger partial charge in [0.05, 0.1) is 37.9 Å². The maximum absolute atomic E-state index is 15.2. The number of rotatable bonds is 23. The second-order valence-electron chi connectivity index (χ2n) is 28.7. The van der Waals surface area contributed by atoms with E-state index >= 15 is 14.4 Å². The number of nitrogens with zero attached hydrogens (tertiary/aromatic N) is 4. The molecule has 13 amide bonds. The number of alkyl halides is 3. The molecule has 3 fully saturated rings. The zero-order chi connectivity index (χ0) is 83.6. The fourth-order valence-corrected chi connectivity index (χ4v) is 13.2. The van der Waals surface area contributed by atoms with Gasteiger partial charge in [-0.15, -0.1) is 5.10 Å². The fraction of sp³-hybridized carbons (Fsp3) is 0.487. The van der Waals surface area contributed by atoms with Crippen LogP contribution in [0.4, 0.5) is 13.2 Å². The molecule has 0 spiro atoms. The van der Waals surface area contributed by atoms with Crippen LogP contribution in [0.15, 0.2) is 121 Å². The van der Waals surface area contributed by atoms with Gasteiger partial charge in [0.2, 0.25) is 70.9 Å². The Morgan fingerprint density at radius 2 is 1.07 bits per heavy atom. The summed E-state index contributed by atoms with van der Waals surface area (Å²) in [5, 5.41) is 74.6. The number of aliphatic hydroxyl groups is 3. The van der Waals surface area contributed by atoms with Crippen molar-refractivity contribution in [1.82, 2.24) is 73.1 Å². The maximum atomic E-state index is 15.2. The minimum atomic E-state index is -5.45. The molecule has 3 saturated heterocycles. The summed E-state index contributed by atoms with van der Waals surface area (Å²) in [6, 6.07) is 13.1. The molecule has 8 rings (SSSR count). The van der Waals surface area contributed by atoms with Crippen LogP contribution >= 0.6 is 0 Å². The fourth-order valence-electron chi connectivity index (χ4n) is 13.2. The number of fused-ring (bicyclic) bond motifs is 1. The van der Waals surface area contributed by atoms with E-state index < -0.39 is 219 Å². The van der Waals surface area contributed by atoms with Gasteiger partial charge in [-0.1, -0.05) is 122 Å². The molecule has 3 aliphatic rings. The number of halogens is 3. The van der Waals surface area contributed by atoms with Crippen molar-refractivity contribution in [3.63, 3.8) is 0 Å². The molecule has 15 atom stereocenters. The van der Waals surface area contributed by atoms with Crippen LogP contribution in [0.5, 0.6) is 5.75 Å². The van der Waals surface area contributed by atoms with Crippen molar-refractivity contribution in [2.75, 3.05) is 26.3 Å². The van der Waals surface area contributed by atoms with E-state index in [1.54, 1.807) is 105 Å². The Kier molecular flexibility index (Phi) is 32.9. The number of phenolic OH excluding ortho intramolecular Hbond substituents is 1. The lowest BCUT2D eigenvalue weighted by Gasteiger charge is -2.42. The Labute approximate surface area is 658 Å². The average Bonchev–Trinajstić information content (AvgIpc) is 1.57. The van der Waals surface area contributed by atoms with Crippen LogP contribution in [0.2, 0.25) is 0 Å². The molecule has 0 unspecified atom stereocenters. The lowest BCUT2D eigenvalue weighted by Crippen LogP contribution is -2.65. The van der Waals surface area contributed by atoms with Gasteiger partial charge in [0.15, 0.2) is 6.29 Å². The summed E-state index contributed by atoms with van der Waals surface area (Å²) in [6.45, 7) is 1.59. The van der Waals surface area contributed by atoms with E-state index in [0.717, 1.165) is 4.68 Å². The van der Waals surface area contributed by atoms with E-state index in [1.165, 1.54) is 40.7 Å². The Bertz CT molecular complexity index is 4170. The molecular formula is C76H98F3N17O19. The summed E-state index contributed by atoms with van der Waals surface area (Å²) in [7, 11) is 0. The van der Waals surface area contributed by atoms with Gasteiger partial charge < -0.3 is 105 Å². The molecule has 622 valence electrons. The van der Waals surface area contributed by atoms with Crippen molar-refractivity contribution < 1.29 is 105 Å². The van der Waals surface area contributed by atoms with Crippen molar-refractivity contribution in [3.05, 3.63) is 149 Å². The quantitative estimate of drug-likeness (QED) is 0.0299. The SMILES string of the molecule is CC(C)C[C@@H]1NC(=O)[C@@H](N)CCCNC(=O)[C@@H](Cc2cn(CCO[C@@H]3O[C@H](CO)[C@H](O)[C@H](O)[C@H]3NC(=O)C(F)(F)F)nn2)NC(=O)[C@H](Cc2ccc(O)cc2)NC(=O)[C@H](CCC(N)=O)NC(=O)[C@H](CC(N)=O)NC(=O)[C@@H](Cc2ccccc2)NC(=O)[C@H](Cc2ccccc2)NC(=O)[C@@H]2CCCN2C(=O)[C@@H](Cc2ccccc2)NC1=O. The van der Waals surface area contributed by atoms with E-state index in [2.05, 4.69) is 58.2 Å². The van der Waals surface area contributed by atoms with Crippen LogP contribution in [-0.2, 0) is 110 Å². The van der Waals surface area contributed by atoms with Gasteiger partial charge in [0.1, 0.15) is 84.5 Å². The number of nitrogens with one attached hydrogen (secondary N) is 10. The van der Waals surface area contributed by atoms with E-state index in [4.69, 9.17) is 26.7 Å². The molecule has 115 heavy (non-hydrogen) atoms. The number of hydrogen-bond donors (Lipinski definition) is 17. The van der Waals surface area contributed by atoms with Crippen LogP contribution < -0.4 is 70.4 Å². The lowest BCUT2D eigenvalue weighted by atomic mass is 9.97. The van der Waals surface area contributed by atoms with Crippen molar-refractivity contribution >= 4 is 76.8 Å². The normalized spacial score (nSPS) is 25.9. The van der Waals surface area contributed by atoms with Gasteiger partial charge in [0, 0.05) is 57.8 Å². The van der Waals surface area contributed by atoms with Gasteiger partial charge in [-0.3, -0.25) is 62.3 Å². The minimum absolute atomic E-state index is 0.0331. The van der Waals surface area contributed by atoms with Crippen LogP contribution in [0.3, 0.4) is 0 Å². The molecular weight excluding hydrogens is 1510 g/mol. The Balaban J connectivity index is 1.15. The molecule has 39 heteroatoms. The van der Waals surface area contributed by atoms with E-state index in [0.29, 0.717) is 23.1 Å². The van der Waals surface area contributed by atoms with Gasteiger partial charge >= 0.3 is 12.1 Å². The molecule has 1 aromatic heterocycles. The van der Waals surface area contributed by atoms with Crippen molar-refractivity contribution in [1.29, 1.82) is 0 Å². The van der Waals surface area contributed by atoms with Gasteiger partial charge in [-0.2, -0.15) is 13.2 Å². The number of benzene rings is 4. The highest BCUT2D eigenvalue weighted by molar-refractivity contribution is 6.00. The van der Waals surface area contributed by atoms with E-state index in [1.807, 2.05) is 0 Å². The summed E-state index contributed by atoms with van der Waals surface area (Å²) >= 11 is 0. The maximum Gasteiger partial charge on any atom is 0.471 e. The van der Waals surface area contributed by atoms with Crippen LogP contribution in [0.25, 0.3) is 0 Å². The van der Waals surface area contributed by atoms with Crippen LogP contribution in [-0.4, -0.2) is 241 Å². The molecule has 4 aromatic carbocycles. The third-order valence-corrected chi connectivity index (χ3v) is 19.3. The summed E-state index contributed by atoms with van der Waals surface area (Å²) in [5.74, 6) is -14.6. The molecule has 0 radical (unpaired) electrons. The van der Waals surface area contributed by atoms with Crippen molar-refractivity contribution in [2.45, 2.75) is 201 Å². The zero-order valence-corrected chi connectivity index (χ0v) is 63.1. The first kappa shape index (κ1) is 89.0. The molecule has 36 nitrogen and oxygen atoms in total. The van der Waals surface area contributed by atoms with Crippen molar-refractivity contribution in [3.8, 4) is 5.75 Å². The molecule has 5 aromatic rings. The monoisotopic (exact) mass is 1610 g/mol. The Hall–Kier alpha value is -11.5. The topological polar surface area (TPSA) is 554 Å². The van der Waals surface area contributed by atoms with Crippen LogP contribution in [0, 0.1) is 5.92 Å². The number of aliphatic hydroxyl groups excluding tert-OH is 3. The first-order valence-electron chi connectivity index (χ1n) is 37.5. The van der Waals surface area contributed by atoms with Crippen LogP contribution in [0.1, 0.15) is 93.2 Å². The number of nitrogens with two attached hydrogens (primary N) is 3. The third-order valence-electron chi connectivity index (χ3n) is 19.3. The summed E-state index contributed by atoms with van der Waals surface area (Å²) in [5.41, 5.74) is 19.6. The molecule has 0 aliphatic carbocycles. The highest BCUT2D eigenvalue weighted by atomic mass is 19.4. The lowest BCUT2D eigenvalue weighted by molar-refractivity contribution is -0.272. The third kappa shape index (κ3) is 27.1. The number of aromatic hydroxyl groups is 1. The standard InChI is InChI=1S/C76H98F3N17O19/c1-41(2)32-50-67(106)91-56(36-44-18-10-5-11-19-44)73(112)96-29-13-21-57(96)72(111)90-53(34-43-16-8-4-9-17-43)70(109)87-51(33-42-14-6-3-7-15-42)69(108)89-55(38-60(82)100)71(110)84-49(26-27-59(81)99)66(105)86-52(35-45-22-24-47(98)25-23-45)68(107)88-54(65(104)83-28-12-20-48(80)64(103)85-50)37-46-39-95(94-93-46)30-31-114-74-61(92-75(113)76(77,78)79)63(102)62(101)58(40-97)115-74/h3-11,14-19,22-25,39,41,48-58,61-63,74,97-98,101-102H,12-13,20-21,26-38,40,80H2,1-2H3,(H2,81,99)(H2,82,100)(H,83,104)(H,84,110)(H,85,103)(H,86,105)(H,87,109)(H,88,107)(H,89,108)(H,90,111)(H,91,106)(H,92,113)/t48-,49-,50-,51+,52-,53-,54+,55-,56+,57-,58+,61+,62-,63+,74+/m0/s1. The molecule has 20 N–H and O–H groups in total. The number of primary amides is 2. The second kappa shape index (κ2) is 42.6. The number of aromatic nitrogens is 3. The minimum Gasteiger partial charge on any atom is -0.508 e. The first-order valence-corrected chi connectivity index (χ1v) is 37.5.